The standard InChI is InChI=1S/C18H17Cl2FN4/c1-24-4-6-25(7-5-24)18-12-3-2-11(19)8-15(12)22-17-10-14(21)13(20)9-16(17)23-18/h2-3,8-10,22H,4-7H2,1H3. The first-order valence-electron chi connectivity index (χ1n) is 8.09. The average Bonchev–Trinajstić information content (AvgIpc) is 2.72. The van der Waals surface area contributed by atoms with Gasteiger partial charge in [0.15, 0.2) is 0 Å². The van der Waals surface area contributed by atoms with Crippen LogP contribution >= 0.6 is 23.2 Å². The van der Waals surface area contributed by atoms with Crippen LogP contribution in [0.2, 0.25) is 10.0 Å². The zero-order valence-electron chi connectivity index (χ0n) is 13.7. The summed E-state index contributed by atoms with van der Waals surface area (Å²) in [6.45, 7) is 3.68. The summed E-state index contributed by atoms with van der Waals surface area (Å²) >= 11 is 12.1. The van der Waals surface area contributed by atoms with Crippen molar-refractivity contribution < 1.29 is 4.39 Å². The molecule has 4 nitrogen and oxygen atoms in total. The van der Waals surface area contributed by atoms with Crippen LogP contribution in [0.1, 0.15) is 5.56 Å². The monoisotopic (exact) mass is 378 g/mol. The molecule has 0 aromatic heterocycles. The molecule has 2 aliphatic heterocycles. The third-order valence-electron chi connectivity index (χ3n) is 4.56. The molecule has 1 saturated heterocycles. The van der Waals surface area contributed by atoms with Crippen molar-refractivity contribution in [2.24, 2.45) is 4.99 Å². The summed E-state index contributed by atoms with van der Waals surface area (Å²) in [5, 5.41) is 3.93. The first kappa shape index (κ1) is 16.6. The van der Waals surface area contributed by atoms with Gasteiger partial charge in [-0.3, -0.25) is 0 Å². The van der Waals surface area contributed by atoms with Gasteiger partial charge in [0.2, 0.25) is 0 Å². The Hall–Kier alpha value is -1.82. The van der Waals surface area contributed by atoms with Crippen molar-refractivity contribution in [3.05, 3.63) is 51.8 Å². The highest BCUT2D eigenvalue weighted by atomic mass is 35.5. The first-order chi connectivity index (χ1) is 12.0. The van der Waals surface area contributed by atoms with Crippen molar-refractivity contribution in [2.45, 2.75) is 0 Å². The van der Waals surface area contributed by atoms with E-state index in [4.69, 9.17) is 28.2 Å². The van der Waals surface area contributed by atoms with Crippen LogP contribution in [0.25, 0.3) is 0 Å². The Balaban J connectivity index is 1.86. The van der Waals surface area contributed by atoms with E-state index in [1.807, 2.05) is 18.2 Å². The zero-order valence-corrected chi connectivity index (χ0v) is 15.2. The molecular formula is C18H17Cl2FN4. The Kier molecular flexibility index (Phi) is 4.31. The van der Waals surface area contributed by atoms with Crippen molar-refractivity contribution in [2.75, 3.05) is 38.5 Å². The molecule has 0 amide bonds. The Morgan fingerprint density at radius 2 is 1.80 bits per heavy atom. The van der Waals surface area contributed by atoms with E-state index in [1.165, 1.54) is 6.07 Å². The van der Waals surface area contributed by atoms with Crippen LogP contribution in [0.3, 0.4) is 0 Å². The fourth-order valence-electron chi connectivity index (χ4n) is 3.12. The van der Waals surface area contributed by atoms with Crippen molar-refractivity contribution in [3.63, 3.8) is 0 Å². The summed E-state index contributed by atoms with van der Waals surface area (Å²) in [6.07, 6.45) is 0. The van der Waals surface area contributed by atoms with E-state index in [1.54, 1.807) is 6.07 Å². The molecule has 0 atom stereocenters. The van der Waals surface area contributed by atoms with E-state index in [0.717, 1.165) is 43.3 Å². The minimum Gasteiger partial charge on any atom is -0.353 e. The quantitative estimate of drug-likeness (QED) is 0.731. The molecule has 1 N–H and O–H groups in total. The maximum atomic E-state index is 13.9. The average molecular weight is 379 g/mol. The van der Waals surface area contributed by atoms with E-state index >= 15 is 0 Å². The van der Waals surface area contributed by atoms with E-state index < -0.39 is 5.82 Å². The molecule has 130 valence electrons. The summed E-state index contributed by atoms with van der Waals surface area (Å²) in [7, 11) is 2.11. The number of rotatable bonds is 0. The Bertz CT molecular complexity index is 860. The highest BCUT2D eigenvalue weighted by Gasteiger charge is 2.24. The van der Waals surface area contributed by atoms with Crippen molar-refractivity contribution in [3.8, 4) is 0 Å². The fraction of sp³-hybridized carbons (Fsp3) is 0.278. The van der Waals surface area contributed by atoms with Crippen LogP contribution < -0.4 is 5.32 Å². The summed E-state index contributed by atoms with van der Waals surface area (Å²) < 4.78 is 13.9. The molecule has 1 fully saturated rings. The van der Waals surface area contributed by atoms with Gasteiger partial charge in [0.1, 0.15) is 11.7 Å². The van der Waals surface area contributed by atoms with Crippen LogP contribution in [0.15, 0.2) is 35.3 Å². The molecule has 4 rings (SSSR count). The van der Waals surface area contributed by atoms with E-state index in [9.17, 15) is 4.39 Å². The number of likely N-dealkylation sites (N-methyl/N-ethyl adjacent to an activating group) is 1. The van der Waals surface area contributed by atoms with Gasteiger partial charge in [-0.15, -0.1) is 0 Å². The Morgan fingerprint density at radius 1 is 1.04 bits per heavy atom. The van der Waals surface area contributed by atoms with Gasteiger partial charge in [0.05, 0.1) is 22.1 Å². The fourth-order valence-corrected chi connectivity index (χ4v) is 3.45. The van der Waals surface area contributed by atoms with E-state index in [-0.39, 0.29) is 5.02 Å². The first-order valence-corrected chi connectivity index (χ1v) is 8.85. The number of aliphatic imine (C=N–C) groups is 1. The second-order valence-corrected chi connectivity index (χ2v) is 7.17. The van der Waals surface area contributed by atoms with Gasteiger partial charge in [-0.05, 0) is 31.3 Å². The number of benzene rings is 2. The van der Waals surface area contributed by atoms with Gasteiger partial charge in [0.25, 0.3) is 0 Å². The predicted molar refractivity (Wildman–Crippen MR) is 101 cm³/mol. The van der Waals surface area contributed by atoms with Gasteiger partial charge in [-0.1, -0.05) is 23.2 Å². The lowest BCUT2D eigenvalue weighted by molar-refractivity contribution is 0.216. The number of amidine groups is 1. The zero-order chi connectivity index (χ0) is 17.6. The molecular weight excluding hydrogens is 362 g/mol. The van der Waals surface area contributed by atoms with Gasteiger partial charge in [0, 0.05) is 42.8 Å². The molecule has 2 aromatic carbocycles. The molecule has 2 aromatic rings. The van der Waals surface area contributed by atoms with Crippen LogP contribution in [-0.2, 0) is 0 Å². The van der Waals surface area contributed by atoms with Gasteiger partial charge in [-0.2, -0.15) is 0 Å². The van der Waals surface area contributed by atoms with Crippen LogP contribution in [0.5, 0.6) is 0 Å². The van der Waals surface area contributed by atoms with Crippen LogP contribution in [0.4, 0.5) is 21.5 Å². The summed E-state index contributed by atoms with van der Waals surface area (Å²) in [6, 6.07) is 8.56. The van der Waals surface area contributed by atoms with Crippen molar-refractivity contribution in [1.82, 2.24) is 9.80 Å². The van der Waals surface area contributed by atoms with Gasteiger partial charge < -0.3 is 15.1 Å². The molecule has 25 heavy (non-hydrogen) atoms. The molecule has 0 unspecified atom stereocenters. The summed E-state index contributed by atoms with van der Waals surface area (Å²) in [4.78, 5) is 9.37. The summed E-state index contributed by atoms with van der Waals surface area (Å²) in [5.74, 6) is 0.378. The molecule has 0 spiro atoms. The lowest BCUT2D eigenvalue weighted by Gasteiger charge is -2.34. The minimum absolute atomic E-state index is 0.0611. The molecule has 0 radical (unpaired) electrons. The molecule has 0 aliphatic carbocycles. The predicted octanol–water partition coefficient (Wildman–Crippen LogP) is 4.52. The maximum Gasteiger partial charge on any atom is 0.144 e. The second kappa shape index (κ2) is 6.48. The molecule has 2 heterocycles. The topological polar surface area (TPSA) is 30.9 Å². The Morgan fingerprint density at radius 3 is 2.56 bits per heavy atom. The SMILES string of the molecule is CN1CCN(C2=Nc3cc(Cl)c(F)cc3Nc3cc(Cl)ccc32)CC1. The lowest BCUT2D eigenvalue weighted by Crippen LogP contribution is -2.47. The minimum atomic E-state index is -0.477. The number of hydrogen-bond acceptors (Lipinski definition) is 4. The maximum absolute atomic E-state index is 13.9. The number of anilines is 2. The smallest absolute Gasteiger partial charge is 0.144 e. The third-order valence-corrected chi connectivity index (χ3v) is 5.08. The second-order valence-electron chi connectivity index (χ2n) is 6.32. The van der Waals surface area contributed by atoms with Crippen LogP contribution in [-0.4, -0.2) is 48.9 Å². The third kappa shape index (κ3) is 3.19. The van der Waals surface area contributed by atoms with E-state index in [0.29, 0.717) is 16.4 Å². The number of hydrogen-bond donors (Lipinski definition) is 1. The normalized spacial score (nSPS) is 17.3. The van der Waals surface area contributed by atoms with Gasteiger partial charge in [-0.25, -0.2) is 9.38 Å². The highest BCUT2D eigenvalue weighted by Crippen LogP contribution is 2.38. The number of fused-ring (bicyclic) bond motifs is 2. The molecule has 7 heteroatoms. The van der Waals surface area contributed by atoms with Crippen LogP contribution in [0, 0.1) is 5.82 Å². The largest absolute Gasteiger partial charge is 0.353 e. The number of halogens is 3. The molecule has 2 aliphatic rings. The lowest BCUT2D eigenvalue weighted by atomic mass is 10.1. The molecule has 0 bridgehead atoms. The number of nitrogens with one attached hydrogen (secondary N) is 1. The summed E-state index contributed by atoms with van der Waals surface area (Å²) in [5.41, 5.74) is 2.95. The van der Waals surface area contributed by atoms with E-state index in [2.05, 4.69) is 22.2 Å². The number of nitrogens with zero attached hydrogens (tertiary/aromatic N) is 3. The highest BCUT2D eigenvalue weighted by molar-refractivity contribution is 6.31. The number of piperazine rings is 1. The Labute approximate surface area is 155 Å². The van der Waals surface area contributed by atoms with Gasteiger partial charge >= 0.3 is 0 Å². The molecule has 0 saturated carbocycles. The van der Waals surface area contributed by atoms with Crippen molar-refractivity contribution in [1.29, 1.82) is 0 Å². The van der Waals surface area contributed by atoms with Crippen molar-refractivity contribution >= 4 is 46.1 Å².